The van der Waals surface area contributed by atoms with Crippen LogP contribution in [0.1, 0.15) is 11.3 Å². The van der Waals surface area contributed by atoms with Gasteiger partial charge in [-0.25, -0.2) is 4.98 Å². The first-order valence-corrected chi connectivity index (χ1v) is 6.65. The number of thiazole rings is 1. The molecule has 0 fully saturated rings. The van der Waals surface area contributed by atoms with E-state index in [0.717, 1.165) is 11.3 Å². The number of carbonyl (C=O) groups is 1. The molecule has 3 N–H and O–H groups in total. The summed E-state index contributed by atoms with van der Waals surface area (Å²) < 4.78 is 5.07. The van der Waals surface area contributed by atoms with E-state index in [-0.39, 0.29) is 12.3 Å². The van der Waals surface area contributed by atoms with E-state index in [2.05, 4.69) is 10.3 Å². The number of nitrogens with two attached hydrogens (primary N) is 1. The number of hydrogen-bond donors (Lipinski definition) is 2. The third kappa shape index (κ3) is 3.96. The zero-order valence-electron chi connectivity index (χ0n) is 10.6. The zero-order valence-corrected chi connectivity index (χ0v) is 11.4. The number of amides is 1. The molecule has 0 unspecified atom stereocenters. The van der Waals surface area contributed by atoms with Gasteiger partial charge in [-0.05, 0) is 17.7 Å². The number of aromatic nitrogens is 1. The molecule has 6 heteroatoms. The first kappa shape index (κ1) is 13.4. The van der Waals surface area contributed by atoms with E-state index >= 15 is 0 Å². The molecule has 0 saturated heterocycles. The van der Waals surface area contributed by atoms with Crippen LogP contribution in [0.2, 0.25) is 0 Å². The maximum absolute atomic E-state index is 11.7. The van der Waals surface area contributed by atoms with Crippen LogP contribution in [0.15, 0.2) is 29.6 Å². The molecule has 0 aliphatic heterocycles. The van der Waals surface area contributed by atoms with Crippen LogP contribution in [-0.4, -0.2) is 18.0 Å². The Balaban J connectivity index is 1.82. The van der Waals surface area contributed by atoms with E-state index in [1.807, 2.05) is 24.3 Å². The molecule has 0 radical (unpaired) electrons. The molecule has 1 aromatic carbocycles. The number of nitrogens with one attached hydrogen (secondary N) is 1. The van der Waals surface area contributed by atoms with Gasteiger partial charge in [0.15, 0.2) is 5.13 Å². The quantitative estimate of drug-likeness (QED) is 0.870. The molecule has 0 aliphatic carbocycles. The van der Waals surface area contributed by atoms with Crippen LogP contribution in [-0.2, 0) is 17.8 Å². The van der Waals surface area contributed by atoms with E-state index in [0.29, 0.717) is 17.4 Å². The standard InChI is InChI=1S/C13H15N3O2S/c1-18-11-4-2-9(3-5-11)7-15-12(17)6-10-8-19-13(14)16-10/h2-5,8H,6-7H2,1H3,(H2,14,16)(H,15,17). The smallest absolute Gasteiger partial charge is 0.226 e. The summed E-state index contributed by atoms with van der Waals surface area (Å²) in [7, 11) is 1.62. The topological polar surface area (TPSA) is 77.2 Å². The summed E-state index contributed by atoms with van der Waals surface area (Å²) in [4.78, 5) is 15.8. The van der Waals surface area contributed by atoms with Crippen molar-refractivity contribution in [2.24, 2.45) is 0 Å². The summed E-state index contributed by atoms with van der Waals surface area (Å²) in [5.41, 5.74) is 7.23. The van der Waals surface area contributed by atoms with Crippen molar-refractivity contribution in [1.29, 1.82) is 0 Å². The molecular formula is C13H15N3O2S. The predicted octanol–water partition coefficient (Wildman–Crippen LogP) is 1.59. The predicted molar refractivity (Wildman–Crippen MR) is 75.1 cm³/mol. The minimum Gasteiger partial charge on any atom is -0.497 e. The summed E-state index contributed by atoms with van der Waals surface area (Å²) in [5, 5.41) is 5.12. The Morgan fingerprint density at radius 2 is 2.16 bits per heavy atom. The van der Waals surface area contributed by atoms with E-state index in [4.69, 9.17) is 10.5 Å². The minimum absolute atomic E-state index is 0.0684. The number of nitrogens with zero attached hydrogens (tertiary/aromatic N) is 1. The molecule has 2 aromatic rings. The molecular weight excluding hydrogens is 262 g/mol. The highest BCUT2D eigenvalue weighted by Gasteiger charge is 2.06. The minimum atomic E-state index is -0.0684. The van der Waals surface area contributed by atoms with Gasteiger partial charge in [-0.1, -0.05) is 12.1 Å². The lowest BCUT2D eigenvalue weighted by atomic mass is 10.2. The fourth-order valence-electron chi connectivity index (χ4n) is 1.57. The van der Waals surface area contributed by atoms with E-state index in [1.54, 1.807) is 12.5 Å². The van der Waals surface area contributed by atoms with Crippen molar-refractivity contribution in [3.63, 3.8) is 0 Å². The van der Waals surface area contributed by atoms with Crippen LogP contribution in [0.5, 0.6) is 5.75 Å². The fourth-order valence-corrected chi connectivity index (χ4v) is 2.14. The van der Waals surface area contributed by atoms with Crippen molar-refractivity contribution in [3.8, 4) is 5.75 Å². The number of benzene rings is 1. The number of ether oxygens (including phenoxy) is 1. The van der Waals surface area contributed by atoms with Crippen LogP contribution in [0.3, 0.4) is 0 Å². The van der Waals surface area contributed by atoms with Crippen molar-refractivity contribution in [2.75, 3.05) is 12.8 Å². The molecule has 1 heterocycles. The lowest BCUT2D eigenvalue weighted by molar-refractivity contribution is -0.120. The zero-order chi connectivity index (χ0) is 13.7. The Morgan fingerprint density at radius 1 is 1.42 bits per heavy atom. The number of nitrogen functional groups attached to an aromatic ring is 1. The molecule has 5 nitrogen and oxygen atoms in total. The van der Waals surface area contributed by atoms with E-state index in [1.165, 1.54) is 11.3 Å². The van der Waals surface area contributed by atoms with Gasteiger partial charge in [-0.2, -0.15) is 0 Å². The van der Waals surface area contributed by atoms with E-state index < -0.39 is 0 Å². The van der Waals surface area contributed by atoms with Crippen molar-refractivity contribution >= 4 is 22.4 Å². The van der Waals surface area contributed by atoms with Crippen molar-refractivity contribution in [3.05, 3.63) is 40.9 Å². The second-order valence-corrected chi connectivity index (χ2v) is 4.87. The molecule has 0 saturated carbocycles. The Hall–Kier alpha value is -2.08. The first-order valence-electron chi connectivity index (χ1n) is 5.77. The normalized spacial score (nSPS) is 10.2. The maximum Gasteiger partial charge on any atom is 0.226 e. The van der Waals surface area contributed by atoms with Gasteiger partial charge in [0, 0.05) is 11.9 Å². The molecule has 0 atom stereocenters. The second kappa shape index (κ2) is 6.19. The lowest BCUT2D eigenvalue weighted by Crippen LogP contribution is -2.24. The van der Waals surface area contributed by atoms with Crippen LogP contribution in [0.4, 0.5) is 5.13 Å². The Bertz CT molecular complexity index is 551. The average molecular weight is 277 g/mol. The van der Waals surface area contributed by atoms with Gasteiger partial charge < -0.3 is 15.8 Å². The van der Waals surface area contributed by atoms with Crippen molar-refractivity contribution in [2.45, 2.75) is 13.0 Å². The molecule has 0 spiro atoms. The average Bonchev–Trinajstić information content (AvgIpc) is 2.82. The molecule has 1 amide bonds. The SMILES string of the molecule is COc1ccc(CNC(=O)Cc2csc(N)n2)cc1. The highest BCUT2D eigenvalue weighted by molar-refractivity contribution is 7.13. The number of hydrogen-bond acceptors (Lipinski definition) is 5. The first-order chi connectivity index (χ1) is 9.17. The Labute approximate surface area is 115 Å². The number of carbonyl (C=O) groups excluding carboxylic acids is 1. The summed E-state index contributed by atoms with van der Waals surface area (Å²) in [6.07, 6.45) is 0.254. The van der Waals surface area contributed by atoms with Gasteiger partial charge in [0.25, 0.3) is 0 Å². The van der Waals surface area contributed by atoms with Gasteiger partial charge in [0.1, 0.15) is 5.75 Å². The third-order valence-electron chi connectivity index (χ3n) is 2.56. The van der Waals surface area contributed by atoms with Gasteiger partial charge >= 0.3 is 0 Å². The van der Waals surface area contributed by atoms with E-state index in [9.17, 15) is 4.79 Å². The number of anilines is 1. The molecule has 0 aliphatic rings. The Morgan fingerprint density at radius 3 is 2.74 bits per heavy atom. The summed E-state index contributed by atoms with van der Waals surface area (Å²) in [6, 6.07) is 7.56. The largest absolute Gasteiger partial charge is 0.497 e. The van der Waals surface area contributed by atoms with Crippen LogP contribution >= 0.6 is 11.3 Å². The van der Waals surface area contributed by atoms with Crippen LogP contribution in [0, 0.1) is 0 Å². The summed E-state index contributed by atoms with van der Waals surface area (Å²) >= 11 is 1.34. The molecule has 19 heavy (non-hydrogen) atoms. The maximum atomic E-state index is 11.7. The van der Waals surface area contributed by atoms with Gasteiger partial charge in [-0.15, -0.1) is 11.3 Å². The van der Waals surface area contributed by atoms with Crippen molar-refractivity contribution < 1.29 is 9.53 Å². The highest BCUT2D eigenvalue weighted by Crippen LogP contribution is 2.12. The second-order valence-electron chi connectivity index (χ2n) is 3.98. The monoisotopic (exact) mass is 277 g/mol. The highest BCUT2D eigenvalue weighted by atomic mass is 32.1. The van der Waals surface area contributed by atoms with Crippen LogP contribution in [0.25, 0.3) is 0 Å². The van der Waals surface area contributed by atoms with Crippen molar-refractivity contribution in [1.82, 2.24) is 10.3 Å². The summed E-state index contributed by atoms with van der Waals surface area (Å²) in [6.45, 7) is 0.489. The number of rotatable bonds is 5. The van der Waals surface area contributed by atoms with Gasteiger partial charge in [0.05, 0.1) is 19.2 Å². The third-order valence-corrected chi connectivity index (χ3v) is 3.28. The van der Waals surface area contributed by atoms with Crippen LogP contribution < -0.4 is 15.8 Å². The molecule has 100 valence electrons. The van der Waals surface area contributed by atoms with Gasteiger partial charge in [0.2, 0.25) is 5.91 Å². The fraction of sp³-hybridized carbons (Fsp3) is 0.231. The van der Waals surface area contributed by atoms with Gasteiger partial charge in [-0.3, -0.25) is 4.79 Å². The molecule has 1 aromatic heterocycles. The number of methoxy groups -OCH3 is 1. The lowest BCUT2D eigenvalue weighted by Gasteiger charge is -2.05. The molecule has 2 rings (SSSR count). The Kier molecular flexibility index (Phi) is 4.35. The summed E-state index contributed by atoms with van der Waals surface area (Å²) in [5.74, 6) is 0.731. The molecule has 0 bridgehead atoms.